The number of halogens is 2. The monoisotopic (exact) mass is 324 g/mol. The number of anilines is 1. The second kappa shape index (κ2) is 5.10. The minimum atomic E-state index is -2.46. The van der Waals surface area contributed by atoms with Gasteiger partial charge in [-0.3, -0.25) is 0 Å². The lowest BCUT2D eigenvalue weighted by molar-refractivity contribution is 0.00386. The molecule has 2 aliphatic rings. The topological polar surface area (TPSA) is 83.2 Å². The van der Waals surface area contributed by atoms with Gasteiger partial charge in [0.25, 0.3) is 6.43 Å². The summed E-state index contributed by atoms with van der Waals surface area (Å²) in [6.45, 7) is 1.32. The van der Waals surface area contributed by atoms with Crippen LogP contribution in [0.15, 0.2) is 12.4 Å². The fourth-order valence-electron chi connectivity index (χ4n) is 3.77. The molecule has 2 saturated carbocycles. The minimum absolute atomic E-state index is 0.133. The first-order chi connectivity index (χ1) is 11.0. The van der Waals surface area contributed by atoms with E-state index in [1.54, 1.807) is 23.9 Å². The van der Waals surface area contributed by atoms with E-state index in [0.717, 1.165) is 6.42 Å². The molecular formula is C15H18F2N4O2. The largest absolute Gasteiger partial charge is 0.390 e. The maximum atomic E-state index is 12.5. The van der Waals surface area contributed by atoms with Crippen molar-refractivity contribution in [2.24, 2.45) is 11.8 Å². The van der Waals surface area contributed by atoms with E-state index in [2.05, 4.69) is 15.3 Å². The third kappa shape index (κ3) is 2.28. The quantitative estimate of drug-likeness (QED) is 0.790. The standard InChI is InChI=1S/C15H18F2N4O2/c1-6-2-9(18-4-10(16)17)11-15(20-6)21(5-19-11)12-7-3-8(7)13(22)14(12)23/h2,5,7-8,10,12-14,22-23H,3-4H2,1H3,(H,18,20)/t7-,8+,12+,13+,14-/m0/s1. The van der Waals surface area contributed by atoms with E-state index in [0.29, 0.717) is 22.5 Å². The lowest BCUT2D eigenvalue weighted by atomic mass is 10.1. The van der Waals surface area contributed by atoms with E-state index in [4.69, 9.17) is 0 Å². The minimum Gasteiger partial charge on any atom is -0.390 e. The van der Waals surface area contributed by atoms with Crippen LogP contribution >= 0.6 is 0 Å². The van der Waals surface area contributed by atoms with Crippen molar-refractivity contribution in [2.45, 2.75) is 38.0 Å². The zero-order valence-electron chi connectivity index (χ0n) is 12.5. The second-order valence-electron chi connectivity index (χ2n) is 6.44. The van der Waals surface area contributed by atoms with Crippen molar-refractivity contribution in [1.82, 2.24) is 14.5 Å². The molecule has 0 radical (unpaired) electrons. The first kappa shape index (κ1) is 14.8. The van der Waals surface area contributed by atoms with Gasteiger partial charge in [-0.25, -0.2) is 18.7 Å². The average Bonchev–Trinajstić information content (AvgIpc) is 3.11. The summed E-state index contributed by atoms with van der Waals surface area (Å²) in [5.41, 5.74) is 2.23. The maximum Gasteiger partial charge on any atom is 0.255 e. The highest BCUT2D eigenvalue weighted by molar-refractivity contribution is 5.86. The van der Waals surface area contributed by atoms with Crippen molar-refractivity contribution >= 4 is 16.9 Å². The van der Waals surface area contributed by atoms with Crippen LogP contribution in [0.2, 0.25) is 0 Å². The molecule has 0 spiro atoms. The van der Waals surface area contributed by atoms with Gasteiger partial charge in [-0.2, -0.15) is 0 Å². The Bertz CT molecular complexity index is 750. The number of hydrogen-bond donors (Lipinski definition) is 3. The normalized spacial score (nSPS) is 32.5. The fraction of sp³-hybridized carbons (Fsp3) is 0.600. The molecule has 3 N–H and O–H groups in total. The third-order valence-electron chi connectivity index (χ3n) is 4.89. The molecule has 0 bridgehead atoms. The smallest absolute Gasteiger partial charge is 0.255 e. The van der Waals surface area contributed by atoms with Gasteiger partial charge in [0, 0.05) is 5.69 Å². The summed E-state index contributed by atoms with van der Waals surface area (Å²) < 4.78 is 26.7. The summed E-state index contributed by atoms with van der Waals surface area (Å²) in [7, 11) is 0. The SMILES string of the molecule is Cc1cc(NCC(F)F)c2ncn([C@H]3[C@H](O)[C@H](O)[C@@H]4C[C@@H]43)c2n1. The van der Waals surface area contributed by atoms with Crippen LogP contribution < -0.4 is 5.32 Å². The number of pyridine rings is 1. The van der Waals surface area contributed by atoms with E-state index in [1.165, 1.54) is 0 Å². The molecule has 0 saturated heterocycles. The Morgan fingerprint density at radius 1 is 1.35 bits per heavy atom. The molecule has 2 heterocycles. The van der Waals surface area contributed by atoms with E-state index in [-0.39, 0.29) is 17.9 Å². The van der Waals surface area contributed by atoms with Gasteiger partial charge >= 0.3 is 0 Å². The molecule has 8 heteroatoms. The number of hydrogen-bond acceptors (Lipinski definition) is 5. The molecule has 5 atom stereocenters. The summed E-state index contributed by atoms with van der Waals surface area (Å²) in [4.78, 5) is 8.76. The number of aryl methyl sites for hydroxylation is 1. The Morgan fingerprint density at radius 2 is 2.13 bits per heavy atom. The summed E-state index contributed by atoms with van der Waals surface area (Å²) in [5.74, 6) is 0.353. The first-order valence-corrected chi connectivity index (χ1v) is 7.69. The molecule has 2 fully saturated rings. The van der Waals surface area contributed by atoms with Gasteiger partial charge in [-0.15, -0.1) is 0 Å². The van der Waals surface area contributed by atoms with Crippen LogP contribution in [0.25, 0.3) is 11.2 Å². The van der Waals surface area contributed by atoms with Gasteiger partial charge in [0.15, 0.2) is 5.65 Å². The van der Waals surface area contributed by atoms with Gasteiger partial charge in [0.1, 0.15) is 11.6 Å². The molecule has 124 valence electrons. The highest BCUT2D eigenvalue weighted by Crippen LogP contribution is 2.57. The van der Waals surface area contributed by atoms with Crippen molar-refractivity contribution in [3.8, 4) is 0 Å². The maximum absolute atomic E-state index is 12.5. The molecular weight excluding hydrogens is 306 g/mol. The molecule has 23 heavy (non-hydrogen) atoms. The zero-order chi connectivity index (χ0) is 16.3. The molecule has 2 aromatic heterocycles. The predicted molar refractivity (Wildman–Crippen MR) is 79.4 cm³/mol. The molecule has 0 amide bonds. The van der Waals surface area contributed by atoms with Crippen LogP contribution in [0.5, 0.6) is 0 Å². The van der Waals surface area contributed by atoms with Crippen LogP contribution in [0, 0.1) is 18.8 Å². The molecule has 4 rings (SSSR count). The molecule has 0 aromatic carbocycles. The van der Waals surface area contributed by atoms with Gasteiger partial charge in [0.2, 0.25) is 0 Å². The van der Waals surface area contributed by atoms with E-state index >= 15 is 0 Å². The van der Waals surface area contributed by atoms with Crippen molar-refractivity contribution in [3.63, 3.8) is 0 Å². The van der Waals surface area contributed by atoms with E-state index < -0.39 is 25.2 Å². The third-order valence-corrected chi connectivity index (χ3v) is 4.89. The number of aliphatic hydroxyl groups excluding tert-OH is 2. The average molecular weight is 324 g/mol. The highest BCUT2D eigenvalue weighted by Gasteiger charge is 2.60. The predicted octanol–water partition coefficient (Wildman–Crippen LogP) is 1.33. The number of fused-ring (bicyclic) bond motifs is 2. The molecule has 2 aliphatic carbocycles. The number of rotatable bonds is 4. The number of imidazole rings is 1. The van der Waals surface area contributed by atoms with Crippen LogP contribution in [0.4, 0.5) is 14.5 Å². The Hall–Kier alpha value is -1.80. The number of nitrogens with one attached hydrogen (secondary N) is 1. The van der Waals surface area contributed by atoms with Crippen LogP contribution in [0.1, 0.15) is 18.2 Å². The summed E-state index contributed by atoms with van der Waals surface area (Å²) >= 11 is 0. The van der Waals surface area contributed by atoms with Crippen LogP contribution in [-0.4, -0.2) is 49.9 Å². The van der Waals surface area contributed by atoms with Gasteiger partial charge in [-0.1, -0.05) is 0 Å². The van der Waals surface area contributed by atoms with E-state index in [9.17, 15) is 19.0 Å². The van der Waals surface area contributed by atoms with Crippen molar-refractivity contribution in [2.75, 3.05) is 11.9 Å². The Kier molecular flexibility index (Phi) is 3.28. The second-order valence-corrected chi connectivity index (χ2v) is 6.44. The molecule has 0 unspecified atom stereocenters. The Morgan fingerprint density at radius 3 is 2.78 bits per heavy atom. The van der Waals surface area contributed by atoms with E-state index in [1.807, 2.05) is 0 Å². The molecule has 6 nitrogen and oxygen atoms in total. The lowest BCUT2D eigenvalue weighted by Gasteiger charge is -2.22. The summed E-state index contributed by atoms with van der Waals surface area (Å²) in [6.07, 6.45) is -1.57. The number of aromatic nitrogens is 3. The van der Waals surface area contributed by atoms with Crippen molar-refractivity contribution in [1.29, 1.82) is 0 Å². The van der Waals surface area contributed by atoms with Crippen LogP contribution in [0.3, 0.4) is 0 Å². The lowest BCUT2D eigenvalue weighted by Crippen LogP contribution is -2.31. The number of aliphatic hydroxyl groups is 2. The van der Waals surface area contributed by atoms with Gasteiger partial charge in [-0.05, 0) is 31.2 Å². The van der Waals surface area contributed by atoms with Crippen LogP contribution in [-0.2, 0) is 0 Å². The van der Waals surface area contributed by atoms with Crippen molar-refractivity contribution in [3.05, 3.63) is 18.1 Å². The zero-order valence-corrected chi connectivity index (χ0v) is 12.5. The molecule has 2 aromatic rings. The number of nitrogens with zero attached hydrogens (tertiary/aromatic N) is 3. The Labute approximate surface area is 131 Å². The Balaban J connectivity index is 1.75. The summed E-state index contributed by atoms with van der Waals surface area (Å²) in [5, 5.41) is 23.0. The highest BCUT2D eigenvalue weighted by atomic mass is 19.3. The van der Waals surface area contributed by atoms with Gasteiger partial charge < -0.3 is 20.1 Å². The number of alkyl halides is 2. The summed E-state index contributed by atoms with van der Waals surface area (Å²) in [6, 6.07) is 1.42. The van der Waals surface area contributed by atoms with Crippen molar-refractivity contribution < 1.29 is 19.0 Å². The first-order valence-electron chi connectivity index (χ1n) is 7.69. The van der Waals surface area contributed by atoms with Gasteiger partial charge in [0.05, 0.1) is 30.7 Å². The molecule has 0 aliphatic heterocycles. The fourth-order valence-corrected chi connectivity index (χ4v) is 3.77.